The predicted molar refractivity (Wildman–Crippen MR) is 93.8 cm³/mol. The molecule has 0 aliphatic heterocycles. The van der Waals surface area contributed by atoms with Crippen molar-refractivity contribution in [2.45, 2.75) is 26.2 Å². The molecule has 5 nitrogen and oxygen atoms in total. The van der Waals surface area contributed by atoms with Crippen LogP contribution < -0.4 is 10.6 Å². The first-order valence-corrected chi connectivity index (χ1v) is 7.49. The van der Waals surface area contributed by atoms with Crippen molar-refractivity contribution in [2.24, 2.45) is 0 Å². The lowest BCUT2D eigenvalue weighted by molar-refractivity contribution is 0.102. The number of anilines is 2. The molecule has 0 bridgehead atoms. The van der Waals surface area contributed by atoms with Crippen molar-refractivity contribution < 1.29 is 4.79 Å². The van der Waals surface area contributed by atoms with E-state index in [2.05, 4.69) is 48.0 Å². The van der Waals surface area contributed by atoms with Gasteiger partial charge >= 0.3 is 0 Å². The van der Waals surface area contributed by atoms with E-state index in [0.717, 1.165) is 5.69 Å². The molecule has 0 radical (unpaired) electrons. The van der Waals surface area contributed by atoms with E-state index in [1.807, 2.05) is 24.3 Å². The zero-order valence-electron chi connectivity index (χ0n) is 13.8. The number of amides is 1. The Hall–Kier alpha value is -2.69. The van der Waals surface area contributed by atoms with Crippen LogP contribution in [-0.2, 0) is 5.41 Å². The quantitative estimate of drug-likeness (QED) is 0.828. The molecule has 5 heteroatoms. The van der Waals surface area contributed by atoms with Crippen LogP contribution in [0.1, 0.15) is 36.8 Å². The summed E-state index contributed by atoms with van der Waals surface area (Å²) in [7, 11) is 0. The van der Waals surface area contributed by atoms with Gasteiger partial charge in [0.1, 0.15) is 11.5 Å². The molecule has 0 saturated heterocycles. The maximum absolute atomic E-state index is 12.2. The van der Waals surface area contributed by atoms with Crippen molar-refractivity contribution >= 4 is 17.4 Å². The third kappa shape index (κ3) is 4.64. The van der Waals surface area contributed by atoms with Gasteiger partial charge in [0, 0.05) is 12.2 Å². The van der Waals surface area contributed by atoms with Crippen molar-refractivity contribution in [1.29, 1.82) is 0 Å². The Morgan fingerprint density at radius 2 is 1.87 bits per heavy atom. The molecule has 1 amide bonds. The summed E-state index contributed by atoms with van der Waals surface area (Å²) in [4.78, 5) is 20.4. The molecular formula is C18H22N4O. The van der Waals surface area contributed by atoms with Crippen molar-refractivity contribution in [3.63, 3.8) is 0 Å². The number of hydrogen-bond donors (Lipinski definition) is 2. The maximum Gasteiger partial charge on any atom is 0.275 e. The van der Waals surface area contributed by atoms with Crippen molar-refractivity contribution in [2.75, 3.05) is 17.2 Å². The summed E-state index contributed by atoms with van der Waals surface area (Å²) >= 11 is 0. The largest absolute Gasteiger partial charge is 0.365 e. The van der Waals surface area contributed by atoms with Gasteiger partial charge in [-0.2, -0.15) is 0 Å². The maximum atomic E-state index is 12.2. The van der Waals surface area contributed by atoms with Crippen LogP contribution in [0.25, 0.3) is 0 Å². The molecule has 2 rings (SSSR count). The van der Waals surface area contributed by atoms with Crippen LogP contribution in [0, 0.1) is 0 Å². The van der Waals surface area contributed by atoms with E-state index in [9.17, 15) is 4.79 Å². The van der Waals surface area contributed by atoms with E-state index < -0.39 is 0 Å². The van der Waals surface area contributed by atoms with Gasteiger partial charge in [-0.15, -0.1) is 6.58 Å². The molecule has 0 fully saturated rings. The molecule has 1 heterocycles. The highest BCUT2D eigenvalue weighted by Crippen LogP contribution is 2.23. The van der Waals surface area contributed by atoms with Crippen LogP contribution in [0.3, 0.4) is 0 Å². The van der Waals surface area contributed by atoms with Crippen LogP contribution in [0.5, 0.6) is 0 Å². The average Bonchev–Trinajstić information content (AvgIpc) is 2.53. The highest BCUT2D eigenvalue weighted by atomic mass is 16.1. The van der Waals surface area contributed by atoms with E-state index >= 15 is 0 Å². The van der Waals surface area contributed by atoms with Gasteiger partial charge in [0.25, 0.3) is 5.91 Å². The molecule has 120 valence electrons. The highest BCUT2D eigenvalue weighted by molar-refractivity contribution is 6.02. The predicted octanol–water partition coefficient (Wildman–Crippen LogP) is 3.62. The molecule has 2 N–H and O–H groups in total. The van der Waals surface area contributed by atoms with E-state index in [0.29, 0.717) is 12.4 Å². The van der Waals surface area contributed by atoms with Crippen molar-refractivity contribution in [3.05, 3.63) is 60.6 Å². The SMILES string of the molecule is C=CCNc1cnc(C(=O)Nc2ccc(C(C)(C)C)cc2)cn1. The van der Waals surface area contributed by atoms with Gasteiger partial charge in [-0.3, -0.25) is 4.79 Å². The second kappa shape index (κ2) is 7.05. The first-order valence-electron chi connectivity index (χ1n) is 7.49. The molecule has 0 unspecified atom stereocenters. The summed E-state index contributed by atoms with van der Waals surface area (Å²) in [5.41, 5.74) is 2.31. The number of nitrogens with one attached hydrogen (secondary N) is 2. The lowest BCUT2D eigenvalue weighted by atomic mass is 9.87. The van der Waals surface area contributed by atoms with Gasteiger partial charge in [-0.1, -0.05) is 39.0 Å². The summed E-state index contributed by atoms with van der Waals surface area (Å²) in [5, 5.41) is 5.83. The number of carbonyl (C=O) groups excluding carboxylic acids is 1. The number of aromatic nitrogens is 2. The van der Waals surface area contributed by atoms with E-state index in [-0.39, 0.29) is 17.0 Å². The molecule has 0 saturated carbocycles. The third-order valence-corrected chi connectivity index (χ3v) is 3.32. The zero-order valence-corrected chi connectivity index (χ0v) is 13.8. The fourth-order valence-corrected chi connectivity index (χ4v) is 1.96. The van der Waals surface area contributed by atoms with Gasteiger partial charge in [0.15, 0.2) is 0 Å². The van der Waals surface area contributed by atoms with Gasteiger partial charge < -0.3 is 10.6 Å². The second-order valence-electron chi connectivity index (χ2n) is 6.24. The first kappa shape index (κ1) is 16.7. The lowest BCUT2D eigenvalue weighted by Crippen LogP contribution is -2.15. The summed E-state index contributed by atoms with van der Waals surface area (Å²) in [5.74, 6) is 0.326. The van der Waals surface area contributed by atoms with Gasteiger partial charge in [0.05, 0.1) is 12.4 Å². The summed E-state index contributed by atoms with van der Waals surface area (Å²) in [6, 6.07) is 7.82. The molecular weight excluding hydrogens is 288 g/mol. The Balaban J connectivity index is 2.02. The monoisotopic (exact) mass is 310 g/mol. The van der Waals surface area contributed by atoms with Crippen LogP contribution in [0.4, 0.5) is 11.5 Å². The molecule has 0 aliphatic carbocycles. The van der Waals surface area contributed by atoms with Crippen LogP contribution in [0.2, 0.25) is 0 Å². The number of hydrogen-bond acceptors (Lipinski definition) is 4. The Kier molecular flexibility index (Phi) is 5.11. The number of rotatable bonds is 5. The standard InChI is InChI=1S/C18H22N4O/c1-5-10-19-16-12-20-15(11-21-16)17(23)22-14-8-6-13(7-9-14)18(2,3)4/h5-9,11-12H,1,10H2,2-4H3,(H,19,21)(H,22,23). The number of nitrogens with zero attached hydrogens (tertiary/aromatic N) is 2. The average molecular weight is 310 g/mol. The van der Waals surface area contributed by atoms with E-state index in [4.69, 9.17) is 0 Å². The van der Waals surface area contributed by atoms with Gasteiger partial charge in [0.2, 0.25) is 0 Å². The fourth-order valence-electron chi connectivity index (χ4n) is 1.96. The minimum atomic E-state index is -0.281. The van der Waals surface area contributed by atoms with Gasteiger partial charge in [-0.25, -0.2) is 9.97 Å². The minimum Gasteiger partial charge on any atom is -0.365 e. The second-order valence-corrected chi connectivity index (χ2v) is 6.24. The normalized spacial score (nSPS) is 10.9. The third-order valence-electron chi connectivity index (χ3n) is 3.32. The molecule has 0 aliphatic rings. The van der Waals surface area contributed by atoms with Crippen LogP contribution >= 0.6 is 0 Å². The summed E-state index contributed by atoms with van der Waals surface area (Å²) < 4.78 is 0. The summed E-state index contributed by atoms with van der Waals surface area (Å²) in [6.45, 7) is 10.7. The topological polar surface area (TPSA) is 66.9 Å². The highest BCUT2D eigenvalue weighted by Gasteiger charge is 2.14. The minimum absolute atomic E-state index is 0.0856. The molecule has 1 aromatic heterocycles. The van der Waals surface area contributed by atoms with Crippen molar-refractivity contribution in [1.82, 2.24) is 9.97 Å². The molecule has 23 heavy (non-hydrogen) atoms. The van der Waals surface area contributed by atoms with Crippen molar-refractivity contribution in [3.8, 4) is 0 Å². The van der Waals surface area contributed by atoms with E-state index in [1.54, 1.807) is 6.08 Å². The smallest absolute Gasteiger partial charge is 0.275 e. The fraction of sp³-hybridized carbons (Fsp3) is 0.278. The Morgan fingerprint density at radius 1 is 1.17 bits per heavy atom. The first-order chi connectivity index (χ1) is 10.9. The molecule has 1 aromatic carbocycles. The molecule has 2 aromatic rings. The summed E-state index contributed by atoms with van der Waals surface area (Å²) in [6.07, 6.45) is 4.70. The number of benzene rings is 1. The molecule has 0 spiro atoms. The lowest BCUT2D eigenvalue weighted by Gasteiger charge is -2.19. The molecule has 0 atom stereocenters. The van der Waals surface area contributed by atoms with Crippen LogP contribution in [-0.4, -0.2) is 22.4 Å². The Labute approximate surface area is 136 Å². The van der Waals surface area contributed by atoms with E-state index in [1.165, 1.54) is 18.0 Å². The number of carbonyl (C=O) groups is 1. The zero-order chi connectivity index (χ0) is 16.9. The Morgan fingerprint density at radius 3 is 2.39 bits per heavy atom. The van der Waals surface area contributed by atoms with Gasteiger partial charge in [-0.05, 0) is 23.1 Å². The van der Waals surface area contributed by atoms with Crippen LogP contribution in [0.15, 0.2) is 49.3 Å². The Bertz CT molecular complexity index is 670.